The minimum atomic E-state index is 0.726. The van der Waals surface area contributed by atoms with Gasteiger partial charge >= 0.3 is 0 Å². The average Bonchev–Trinajstić information content (AvgIpc) is 2.63. The smallest absolute Gasteiger partial charge is 0.119 e. The van der Waals surface area contributed by atoms with Crippen molar-refractivity contribution in [1.29, 1.82) is 0 Å². The fourth-order valence-corrected chi connectivity index (χ4v) is 1.39. The number of hydrogen-bond donors (Lipinski definition) is 0. The van der Waals surface area contributed by atoms with Crippen molar-refractivity contribution in [3.05, 3.63) is 24.5 Å². The first-order valence-electron chi connectivity index (χ1n) is 4.98. The summed E-state index contributed by atoms with van der Waals surface area (Å²) in [7, 11) is 0. The van der Waals surface area contributed by atoms with E-state index in [4.69, 9.17) is 0 Å². The molecule has 0 aliphatic rings. The number of hydrogen-bond acceptors (Lipinski definition) is 1. The van der Waals surface area contributed by atoms with Crippen molar-refractivity contribution in [1.82, 2.24) is 4.57 Å². The Hall–Kier alpha value is -1.05. The fraction of sp³-hybridized carbons (Fsp3) is 0.545. The van der Waals surface area contributed by atoms with Gasteiger partial charge in [-0.25, -0.2) is 0 Å². The maximum Gasteiger partial charge on any atom is 0.119 e. The molecule has 0 atom stereocenters. The maximum absolute atomic E-state index is 10.0. The summed E-state index contributed by atoms with van der Waals surface area (Å²) in [6.07, 6.45) is 10.6. The Morgan fingerprint density at radius 1 is 1.00 bits per heavy atom. The highest BCUT2D eigenvalue weighted by molar-refractivity contribution is 5.48. The van der Waals surface area contributed by atoms with Crippen LogP contribution in [0.25, 0.3) is 0 Å². The molecule has 0 N–H and O–H groups in total. The Morgan fingerprint density at radius 2 is 1.69 bits per heavy atom. The lowest BCUT2D eigenvalue weighted by atomic mass is 10.1. The molecule has 0 bridgehead atoms. The summed E-state index contributed by atoms with van der Waals surface area (Å²) in [5, 5.41) is 0. The Labute approximate surface area is 79.6 Å². The van der Waals surface area contributed by atoms with Crippen LogP contribution in [0.15, 0.2) is 24.5 Å². The molecule has 0 radical (unpaired) electrons. The van der Waals surface area contributed by atoms with Crippen molar-refractivity contribution >= 4 is 6.29 Å². The summed E-state index contributed by atoms with van der Waals surface area (Å²) < 4.78 is 2.19. The molecule has 1 heterocycles. The predicted molar refractivity (Wildman–Crippen MR) is 53.6 cm³/mol. The zero-order chi connectivity index (χ0) is 9.36. The molecule has 0 fully saturated rings. The van der Waals surface area contributed by atoms with E-state index in [1.807, 2.05) is 12.1 Å². The zero-order valence-electron chi connectivity index (χ0n) is 7.98. The van der Waals surface area contributed by atoms with Crippen LogP contribution in [0.1, 0.15) is 32.1 Å². The minimum Gasteiger partial charge on any atom is -0.354 e. The van der Waals surface area contributed by atoms with E-state index >= 15 is 0 Å². The third kappa shape index (κ3) is 4.51. The molecule has 0 aliphatic heterocycles. The second-order valence-electron chi connectivity index (χ2n) is 3.29. The summed E-state index contributed by atoms with van der Waals surface area (Å²) in [5.41, 5.74) is 0. The Kier molecular flexibility index (Phi) is 4.99. The summed E-state index contributed by atoms with van der Waals surface area (Å²) in [6.45, 7) is 1.11. The molecule has 0 spiro atoms. The van der Waals surface area contributed by atoms with Crippen LogP contribution in [0.4, 0.5) is 0 Å². The molecule has 1 aromatic heterocycles. The van der Waals surface area contributed by atoms with Gasteiger partial charge in [-0.15, -0.1) is 0 Å². The van der Waals surface area contributed by atoms with Crippen molar-refractivity contribution in [3.63, 3.8) is 0 Å². The first-order chi connectivity index (χ1) is 6.43. The lowest BCUT2D eigenvalue weighted by Crippen LogP contribution is -1.93. The van der Waals surface area contributed by atoms with E-state index in [-0.39, 0.29) is 0 Å². The van der Waals surface area contributed by atoms with E-state index in [1.165, 1.54) is 19.3 Å². The highest BCUT2D eigenvalue weighted by Crippen LogP contribution is 2.03. The summed E-state index contributed by atoms with van der Waals surface area (Å²) in [4.78, 5) is 10.0. The van der Waals surface area contributed by atoms with E-state index in [9.17, 15) is 4.79 Å². The molecule has 72 valence electrons. The average molecular weight is 179 g/mol. The predicted octanol–water partition coefficient (Wildman–Crippen LogP) is 2.64. The van der Waals surface area contributed by atoms with Gasteiger partial charge in [0.1, 0.15) is 6.29 Å². The van der Waals surface area contributed by atoms with Crippen molar-refractivity contribution < 1.29 is 4.79 Å². The van der Waals surface area contributed by atoms with E-state index in [0.29, 0.717) is 0 Å². The Morgan fingerprint density at radius 3 is 2.38 bits per heavy atom. The van der Waals surface area contributed by atoms with E-state index in [0.717, 1.165) is 25.7 Å². The van der Waals surface area contributed by atoms with Crippen LogP contribution < -0.4 is 0 Å². The third-order valence-electron chi connectivity index (χ3n) is 2.15. The van der Waals surface area contributed by atoms with E-state index in [2.05, 4.69) is 17.0 Å². The van der Waals surface area contributed by atoms with Gasteiger partial charge in [0.2, 0.25) is 0 Å². The SMILES string of the molecule is O=CCCCCCCn1cccc1. The summed E-state index contributed by atoms with van der Waals surface area (Å²) >= 11 is 0. The van der Waals surface area contributed by atoms with Crippen molar-refractivity contribution in [2.45, 2.75) is 38.6 Å². The second kappa shape index (κ2) is 6.46. The standard InChI is InChI=1S/C11H17NO/c13-11-7-3-1-2-4-8-12-9-5-6-10-12/h5-6,9-11H,1-4,7-8H2. The van der Waals surface area contributed by atoms with Crippen LogP contribution in [-0.2, 0) is 11.3 Å². The van der Waals surface area contributed by atoms with Gasteiger partial charge in [0, 0.05) is 25.4 Å². The van der Waals surface area contributed by atoms with Crippen molar-refractivity contribution in [3.8, 4) is 0 Å². The molecule has 0 aromatic carbocycles. The van der Waals surface area contributed by atoms with Crippen LogP contribution in [-0.4, -0.2) is 10.9 Å². The number of aldehydes is 1. The van der Waals surface area contributed by atoms with Crippen LogP contribution in [0.3, 0.4) is 0 Å². The van der Waals surface area contributed by atoms with Gasteiger partial charge < -0.3 is 9.36 Å². The first-order valence-corrected chi connectivity index (χ1v) is 4.98. The monoisotopic (exact) mass is 179 g/mol. The molecule has 0 unspecified atom stereocenters. The van der Waals surface area contributed by atoms with Gasteiger partial charge in [0.25, 0.3) is 0 Å². The largest absolute Gasteiger partial charge is 0.354 e. The van der Waals surface area contributed by atoms with Gasteiger partial charge in [-0.05, 0) is 25.0 Å². The van der Waals surface area contributed by atoms with Crippen LogP contribution in [0, 0.1) is 0 Å². The highest BCUT2D eigenvalue weighted by atomic mass is 16.1. The van der Waals surface area contributed by atoms with E-state index in [1.54, 1.807) is 0 Å². The second-order valence-corrected chi connectivity index (χ2v) is 3.29. The third-order valence-corrected chi connectivity index (χ3v) is 2.15. The molecule has 2 nitrogen and oxygen atoms in total. The molecule has 1 rings (SSSR count). The van der Waals surface area contributed by atoms with Crippen molar-refractivity contribution in [2.24, 2.45) is 0 Å². The molecule has 1 aromatic rings. The minimum absolute atomic E-state index is 0.726. The molecule has 0 aliphatic carbocycles. The van der Waals surface area contributed by atoms with E-state index < -0.39 is 0 Å². The van der Waals surface area contributed by atoms with Gasteiger partial charge in [-0.3, -0.25) is 0 Å². The maximum atomic E-state index is 10.0. The molecular weight excluding hydrogens is 162 g/mol. The lowest BCUT2D eigenvalue weighted by Gasteiger charge is -2.01. The van der Waals surface area contributed by atoms with Gasteiger partial charge in [-0.2, -0.15) is 0 Å². The molecule has 0 amide bonds. The number of carbonyl (C=O) groups is 1. The molecular formula is C11H17NO. The highest BCUT2D eigenvalue weighted by Gasteiger charge is 1.90. The quantitative estimate of drug-likeness (QED) is 0.466. The molecule has 2 heteroatoms. The van der Waals surface area contributed by atoms with Crippen LogP contribution in [0.2, 0.25) is 0 Å². The number of carbonyl (C=O) groups excluding carboxylic acids is 1. The number of nitrogens with zero attached hydrogens (tertiary/aromatic N) is 1. The summed E-state index contributed by atoms with van der Waals surface area (Å²) in [6, 6.07) is 4.10. The zero-order valence-corrected chi connectivity index (χ0v) is 7.98. The normalized spacial score (nSPS) is 10.2. The molecule has 13 heavy (non-hydrogen) atoms. The number of aromatic nitrogens is 1. The number of aryl methyl sites for hydroxylation is 1. The lowest BCUT2D eigenvalue weighted by molar-refractivity contribution is -0.107. The first kappa shape index (κ1) is 10.0. The summed E-state index contributed by atoms with van der Waals surface area (Å²) in [5.74, 6) is 0. The molecule has 0 saturated carbocycles. The molecule has 0 saturated heterocycles. The van der Waals surface area contributed by atoms with Crippen LogP contribution >= 0.6 is 0 Å². The van der Waals surface area contributed by atoms with Gasteiger partial charge in [-0.1, -0.05) is 12.8 Å². The number of unbranched alkanes of at least 4 members (excludes halogenated alkanes) is 4. The van der Waals surface area contributed by atoms with Crippen LogP contribution in [0.5, 0.6) is 0 Å². The van der Waals surface area contributed by atoms with Crippen molar-refractivity contribution in [2.75, 3.05) is 0 Å². The fourth-order valence-electron chi connectivity index (χ4n) is 1.39. The Balaban J connectivity index is 1.93. The Bertz CT molecular complexity index is 216. The topological polar surface area (TPSA) is 22.0 Å². The van der Waals surface area contributed by atoms with Gasteiger partial charge in [0.05, 0.1) is 0 Å². The van der Waals surface area contributed by atoms with Gasteiger partial charge in [0.15, 0.2) is 0 Å². The number of rotatable bonds is 7.